The molecule has 0 radical (unpaired) electrons. The fraction of sp³-hybridized carbons (Fsp3) is 0.0909. The molecule has 0 bridgehead atoms. The molecule has 156 valence electrons. The molecule has 4 rings (SSSR count). The summed E-state index contributed by atoms with van der Waals surface area (Å²) in [4.78, 5) is 38.2. The normalized spacial score (nSPS) is 15.5. The number of rotatable bonds is 5. The lowest BCUT2D eigenvalue weighted by Gasteiger charge is -2.29. The summed E-state index contributed by atoms with van der Waals surface area (Å²) < 4.78 is 6.69. The van der Waals surface area contributed by atoms with E-state index in [9.17, 15) is 19.5 Å². The van der Waals surface area contributed by atoms with E-state index >= 15 is 0 Å². The minimum atomic E-state index is -0.998. The summed E-state index contributed by atoms with van der Waals surface area (Å²) >= 11 is 5.22. The molecule has 2 heterocycles. The van der Waals surface area contributed by atoms with Gasteiger partial charge < -0.3 is 14.4 Å². The van der Waals surface area contributed by atoms with Gasteiger partial charge >= 0.3 is 5.97 Å². The summed E-state index contributed by atoms with van der Waals surface area (Å²) in [6.45, 7) is -0.244. The van der Waals surface area contributed by atoms with Crippen molar-refractivity contribution in [3.63, 3.8) is 0 Å². The molecule has 2 amide bonds. The zero-order valence-electron chi connectivity index (χ0n) is 16.4. The van der Waals surface area contributed by atoms with Crippen LogP contribution in [0.1, 0.15) is 5.56 Å². The lowest BCUT2D eigenvalue weighted by molar-refractivity contribution is -0.137. The molecule has 1 aliphatic rings. The molecule has 1 aromatic heterocycles. The number of ether oxygens (including phenoxy) is 1. The van der Waals surface area contributed by atoms with Gasteiger partial charge in [-0.05, 0) is 48.6 Å². The second-order valence-corrected chi connectivity index (χ2v) is 7.17. The van der Waals surface area contributed by atoms with Crippen molar-refractivity contribution >= 4 is 57.8 Å². The van der Waals surface area contributed by atoms with Gasteiger partial charge in [-0.25, -0.2) is 0 Å². The summed E-state index contributed by atoms with van der Waals surface area (Å²) in [6.07, 6.45) is 3.06. The van der Waals surface area contributed by atoms with Gasteiger partial charge in [0.1, 0.15) is 17.9 Å². The van der Waals surface area contributed by atoms with Crippen molar-refractivity contribution < 1.29 is 24.2 Å². The number of amides is 2. The third-order valence-electron chi connectivity index (χ3n) is 4.86. The van der Waals surface area contributed by atoms with Crippen molar-refractivity contribution in [2.45, 2.75) is 6.54 Å². The molecule has 1 saturated heterocycles. The fourth-order valence-corrected chi connectivity index (χ4v) is 3.73. The smallest absolute Gasteiger partial charge is 0.323 e. The molecule has 1 aliphatic heterocycles. The standard InChI is InChI=1S/C22H17N3O5S/c1-30-15-8-6-14(7-9-15)25-21(29)17(20(28)23-22(25)31)10-13-11-24(12-19(26)27)18-5-3-2-4-16(13)18/h2-11H,12H2,1H3,(H,26,27)(H,23,28,31)/b17-10+. The van der Waals surface area contributed by atoms with Gasteiger partial charge in [0.25, 0.3) is 11.8 Å². The number of carboxylic acid groups (broad SMARTS) is 1. The molecule has 2 aromatic carbocycles. The largest absolute Gasteiger partial charge is 0.497 e. The molecule has 0 atom stereocenters. The van der Waals surface area contributed by atoms with Crippen molar-refractivity contribution in [1.82, 2.24) is 9.88 Å². The average molecular weight is 435 g/mol. The second kappa shape index (κ2) is 8.04. The number of thiocarbonyl (C=S) groups is 1. The highest BCUT2D eigenvalue weighted by Gasteiger charge is 2.34. The number of nitrogens with one attached hydrogen (secondary N) is 1. The van der Waals surface area contributed by atoms with Crippen LogP contribution in [0.2, 0.25) is 0 Å². The van der Waals surface area contributed by atoms with Crippen LogP contribution in [0.4, 0.5) is 5.69 Å². The van der Waals surface area contributed by atoms with E-state index in [1.54, 1.807) is 59.3 Å². The predicted molar refractivity (Wildman–Crippen MR) is 119 cm³/mol. The Labute approximate surface area is 182 Å². The van der Waals surface area contributed by atoms with E-state index in [1.165, 1.54) is 18.1 Å². The Morgan fingerprint density at radius 3 is 2.55 bits per heavy atom. The topological polar surface area (TPSA) is 101 Å². The summed E-state index contributed by atoms with van der Waals surface area (Å²) in [7, 11) is 1.54. The first kappa shape index (κ1) is 20.3. The molecular weight excluding hydrogens is 418 g/mol. The highest BCUT2D eigenvalue weighted by atomic mass is 32.1. The van der Waals surface area contributed by atoms with Crippen molar-refractivity contribution in [3.8, 4) is 5.75 Å². The van der Waals surface area contributed by atoms with E-state index in [4.69, 9.17) is 17.0 Å². The number of para-hydroxylation sites is 1. The number of carbonyl (C=O) groups excluding carboxylic acids is 2. The van der Waals surface area contributed by atoms with Crippen molar-refractivity contribution in [1.29, 1.82) is 0 Å². The van der Waals surface area contributed by atoms with Crippen molar-refractivity contribution in [3.05, 3.63) is 65.9 Å². The zero-order valence-corrected chi connectivity index (χ0v) is 17.2. The highest BCUT2D eigenvalue weighted by molar-refractivity contribution is 7.80. The van der Waals surface area contributed by atoms with Crippen molar-refractivity contribution in [2.24, 2.45) is 0 Å². The second-order valence-electron chi connectivity index (χ2n) is 6.78. The number of hydrogen-bond donors (Lipinski definition) is 2. The Bertz CT molecular complexity index is 1260. The first-order chi connectivity index (χ1) is 14.9. The van der Waals surface area contributed by atoms with E-state index in [1.807, 2.05) is 0 Å². The minimum absolute atomic E-state index is 0.0226. The highest BCUT2D eigenvalue weighted by Crippen LogP contribution is 2.27. The third kappa shape index (κ3) is 3.78. The van der Waals surface area contributed by atoms with Crippen LogP contribution in [-0.2, 0) is 20.9 Å². The number of anilines is 1. The predicted octanol–water partition coefficient (Wildman–Crippen LogP) is 2.57. The van der Waals surface area contributed by atoms with Gasteiger partial charge in [0.15, 0.2) is 5.11 Å². The molecule has 1 fully saturated rings. The number of carboxylic acids is 1. The fourth-order valence-electron chi connectivity index (χ4n) is 3.45. The molecule has 0 spiro atoms. The van der Waals surface area contributed by atoms with Gasteiger partial charge in [-0.2, -0.15) is 0 Å². The average Bonchev–Trinajstić information content (AvgIpc) is 3.08. The van der Waals surface area contributed by atoms with Crippen molar-refractivity contribution in [2.75, 3.05) is 12.0 Å². The Kier molecular flexibility index (Phi) is 5.26. The first-order valence-corrected chi connectivity index (χ1v) is 9.65. The number of methoxy groups -OCH3 is 1. The van der Waals surface area contributed by atoms with E-state index in [-0.39, 0.29) is 17.2 Å². The number of benzene rings is 2. The maximum atomic E-state index is 13.2. The molecular formula is C22H17N3O5S. The lowest BCUT2D eigenvalue weighted by Crippen LogP contribution is -2.54. The molecule has 31 heavy (non-hydrogen) atoms. The van der Waals surface area contributed by atoms with Crippen LogP contribution in [0, 0.1) is 0 Å². The van der Waals surface area contributed by atoms with E-state index < -0.39 is 17.8 Å². The number of nitrogens with zero attached hydrogens (tertiary/aromatic N) is 2. The Morgan fingerprint density at radius 2 is 1.87 bits per heavy atom. The minimum Gasteiger partial charge on any atom is -0.497 e. The maximum absolute atomic E-state index is 13.2. The van der Waals surface area contributed by atoms with E-state index in [0.717, 1.165) is 5.39 Å². The molecule has 8 nitrogen and oxygen atoms in total. The number of hydrogen-bond acceptors (Lipinski definition) is 5. The monoisotopic (exact) mass is 435 g/mol. The zero-order chi connectivity index (χ0) is 22.1. The Balaban J connectivity index is 1.78. The van der Waals surface area contributed by atoms with Crippen LogP contribution in [0.15, 0.2) is 60.3 Å². The molecule has 2 N–H and O–H groups in total. The third-order valence-corrected chi connectivity index (χ3v) is 5.14. The molecule has 0 saturated carbocycles. The lowest BCUT2D eigenvalue weighted by atomic mass is 10.1. The van der Waals surface area contributed by atoms with Crippen LogP contribution < -0.4 is 15.0 Å². The summed E-state index contributed by atoms with van der Waals surface area (Å²) in [5, 5.41) is 12.4. The van der Waals surface area contributed by atoms with E-state index in [2.05, 4.69) is 5.32 Å². The first-order valence-electron chi connectivity index (χ1n) is 9.24. The van der Waals surface area contributed by atoms with Crippen LogP contribution in [-0.4, -0.2) is 39.7 Å². The number of aliphatic carboxylic acids is 1. The molecule has 0 aliphatic carbocycles. The summed E-state index contributed by atoms with van der Waals surface area (Å²) in [5.74, 6) is -1.57. The Morgan fingerprint density at radius 1 is 1.16 bits per heavy atom. The Hall–Kier alpha value is -3.98. The van der Waals surface area contributed by atoms with Gasteiger partial charge in [-0.3, -0.25) is 24.6 Å². The maximum Gasteiger partial charge on any atom is 0.323 e. The molecule has 3 aromatic rings. The van der Waals surface area contributed by atoms with Gasteiger partial charge in [0, 0.05) is 22.7 Å². The quantitative estimate of drug-likeness (QED) is 0.363. The van der Waals surface area contributed by atoms with Crippen LogP contribution in [0.25, 0.3) is 17.0 Å². The van der Waals surface area contributed by atoms with Crippen LogP contribution in [0.5, 0.6) is 5.75 Å². The van der Waals surface area contributed by atoms with Gasteiger partial charge in [0.05, 0.1) is 12.8 Å². The number of fused-ring (bicyclic) bond motifs is 1. The summed E-state index contributed by atoms with van der Waals surface area (Å²) in [6, 6.07) is 13.9. The number of carbonyl (C=O) groups is 3. The van der Waals surface area contributed by atoms with E-state index in [0.29, 0.717) is 22.5 Å². The molecule has 9 heteroatoms. The van der Waals surface area contributed by atoms with Crippen LogP contribution >= 0.6 is 12.2 Å². The van der Waals surface area contributed by atoms with Gasteiger partial charge in [-0.1, -0.05) is 18.2 Å². The van der Waals surface area contributed by atoms with Gasteiger partial charge in [-0.15, -0.1) is 0 Å². The summed E-state index contributed by atoms with van der Waals surface area (Å²) in [5.41, 5.74) is 1.61. The van der Waals surface area contributed by atoms with Crippen LogP contribution in [0.3, 0.4) is 0 Å². The SMILES string of the molecule is COc1ccc(N2C(=O)/C(=C/c3cn(CC(=O)O)c4ccccc34)C(=O)NC2=S)cc1. The number of aromatic nitrogens is 1. The van der Waals surface area contributed by atoms with Gasteiger partial charge in [0.2, 0.25) is 0 Å². The molecule has 0 unspecified atom stereocenters.